The monoisotopic (exact) mass is 272 g/mol. The number of carbonyl (C=O) groups excluding carboxylic acids is 1. The van der Waals surface area contributed by atoms with E-state index in [9.17, 15) is 13.6 Å². The van der Waals surface area contributed by atoms with Gasteiger partial charge in [-0.2, -0.15) is 0 Å². The molecule has 0 bridgehead atoms. The molecule has 0 N–H and O–H groups in total. The molecule has 0 radical (unpaired) electrons. The number of amides is 1. The van der Waals surface area contributed by atoms with Crippen LogP contribution in [0.4, 0.5) is 14.6 Å². The number of anilines is 1. The summed E-state index contributed by atoms with van der Waals surface area (Å²) in [7, 11) is 1.38. The van der Waals surface area contributed by atoms with E-state index in [1.807, 2.05) is 6.92 Å². The fraction of sp³-hybridized carbons (Fsp3) is 0.538. The molecule has 0 saturated carbocycles. The van der Waals surface area contributed by atoms with Crippen LogP contribution < -0.4 is 4.90 Å². The van der Waals surface area contributed by atoms with E-state index in [0.717, 1.165) is 23.9 Å². The Balaban J connectivity index is 2.70. The summed E-state index contributed by atoms with van der Waals surface area (Å²) in [5, 5.41) is 0. The van der Waals surface area contributed by atoms with Crippen LogP contribution in [0, 0.1) is 11.6 Å². The minimum absolute atomic E-state index is 0.211. The maximum Gasteiger partial charge on any atom is 0.256 e. The number of aromatic nitrogens is 1. The first-order valence-corrected chi connectivity index (χ1v) is 6.17. The Hall–Kier alpha value is -1.56. The van der Waals surface area contributed by atoms with Crippen molar-refractivity contribution in [2.24, 2.45) is 0 Å². The van der Waals surface area contributed by atoms with Crippen molar-refractivity contribution in [3.05, 3.63) is 23.9 Å². The summed E-state index contributed by atoms with van der Waals surface area (Å²) in [6.07, 6.45) is 1.99. The average Bonchev–Trinajstić information content (AvgIpc) is 2.37. The van der Waals surface area contributed by atoms with Crippen molar-refractivity contribution in [1.82, 2.24) is 4.98 Å². The zero-order valence-electron chi connectivity index (χ0n) is 11.3. The summed E-state index contributed by atoms with van der Waals surface area (Å²) in [6.45, 7) is 4.08. The number of likely N-dealkylation sites (N-methyl/N-ethyl adjacent to an activating group) is 1. The van der Waals surface area contributed by atoms with Gasteiger partial charge in [0.15, 0.2) is 11.6 Å². The number of hydrogen-bond donors (Lipinski definition) is 0. The molecule has 1 amide bonds. The first kappa shape index (κ1) is 15.5. The van der Waals surface area contributed by atoms with E-state index in [1.54, 1.807) is 6.92 Å². The summed E-state index contributed by atoms with van der Waals surface area (Å²) < 4.78 is 31.6. The third kappa shape index (κ3) is 4.24. The Kier molecular flexibility index (Phi) is 5.82. The van der Waals surface area contributed by atoms with Crippen molar-refractivity contribution in [2.75, 3.05) is 18.6 Å². The minimum Gasteiger partial charge on any atom is -0.369 e. The van der Waals surface area contributed by atoms with Crippen molar-refractivity contribution in [3.63, 3.8) is 0 Å². The highest BCUT2D eigenvalue weighted by molar-refractivity contribution is 5.95. The van der Waals surface area contributed by atoms with Gasteiger partial charge in [-0.3, -0.25) is 9.69 Å². The Morgan fingerprint density at radius 3 is 2.79 bits per heavy atom. The number of hydrogen-bond acceptors (Lipinski definition) is 3. The average molecular weight is 272 g/mol. The number of rotatable bonds is 6. The van der Waals surface area contributed by atoms with Crippen LogP contribution in [0.15, 0.2) is 12.3 Å². The van der Waals surface area contributed by atoms with E-state index >= 15 is 0 Å². The number of ether oxygens (including phenoxy) is 1. The number of carbonyl (C=O) groups is 1. The fourth-order valence-corrected chi connectivity index (χ4v) is 1.51. The predicted molar refractivity (Wildman–Crippen MR) is 67.9 cm³/mol. The third-order valence-electron chi connectivity index (χ3n) is 2.65. The quantitative estimate of drug-likeness (QED) is 0.747. The molecule has 1 atom stereocenters. The molecule has 1 unspecified atom stereocenters. The van der Waals surface area contributed by atoms with Crippen LogP contribution >= 0.6 is 0 Å². The first-order valence-electron chi connectivity index (χ1n) is 6.17. The molecule has 4 nitrogen and oxygen atoms in total. The first-order chi connectivity index (χ1) is 8.97. The van der Waals surface area contributed by atoms with Gasteiger partial charge in [0.1, 0.15) is 11.9 Å². The van der Waals surface area contributed by atoms with Crippen LogP contribution in [-0.2, 0) is 9.53 Å². The standard InChI is InChI=1S/C13H18F2N2O2/c1-4-5-6-19-9(2)13(18)17(3)12-11(15)7-10(14)8-16-12/h7-9H,4-6H2,1-3H3. The van der Waals surface area contributed by atoms with Gasteiger partial charge >= 0.3 is 0 Å². The molecule has 0 aliphatic carbocycles. The second-order valence-electron chi connectivity index (χ2n) is 4.22. The van der Waals surface area contributed by atoms with Crippen LogP contribution in [0.1, 0.15) is 26.7 Å². The molecule has 1 heterocycles. The van der Waals surface area contributed by atoms with Crippen molar-refractivity contribution in [1.29, 1.82) is 0 Å². The van der Waals surface area contributed by atoms with E-state index in [0.29, 0.717) is 12.7 Å². The van der Waals surface area contributed by atoms with Gasteiger partial charge in [0, 0.05) is 19.7 Å². The molecule has 1 aromatic rings. The molecular formula is C13H18F2N2O2. The Bertz CT molecular complexity index is 441. The summed E-state index contributed by atoms with van der Waals surface area (Å²) in [4.78, 5) is 16.6. The lowest BCUT2D eigenvalue weighted by molar-refractivity contribution is -0.128. The van der Waals surface area contributed by atoms with Gasteiger partial charge in [-0.15, -0.1) is 0 Å². The topological polar surface area (TPSA) is 42.4 Å². The van der Waals surface area contributed by atoms with Crippen LogP contribution in [0.5, 0.6) is 0 Å². The zero-order chi connectivity index (χ0) is 14.4. The van der Waals surface area contributed by atoms with Gasteiger partial charge in [0.05, 0.1) is 6.20 Å². The molecule has 1 rings (SSSR count). The summed E-state index contributed by atoms with van der Waals surface area (Å²) >= 11 is 0. The van der Waals surface area contributed by atoms with Crippen LogP contribution in [0.2, 0.25) is 0 Å². The van der Waals surface area contributed by atoms with Gasteiger partial charge < -0.3 is 4.74 Å². The van der Waals surface area contributed by atoms with Crippen molar-refractivity contribution in [3.8, 4) is 0 Å². The second-order valence-corrected chi connectivity index (χ2v) is 4.22. The maximum absolute atomic E-state index is 13.5. The summed E-state index contributed by atoms with van der Waals surface area (Å²) in [5.41, 5.74) is 0. The van der Waals surface area contributed by atoms with Gasteiger partial charge in [0.25, 0.3) is 5.91 Å². The lowest BCUT2D eigenvalue weighted by atomic mass is 10.3. The number of halogens is 2. The van der Waals surface area contributed by atoms with E-state index in [1.165, 1.54) is 7.05 Å². The van der Waals surface area contributed by atoms with E-state index in [-0.39, 0.29) is 5.82 Å². The minimum atomic E-state index is -0.878. The Morgan fingerprint density at radius 2 is 2.21 bits per heavy atom. The second kappa shape index (κ2) is 7.13. The Labute approximate surface area is 111 Å². The molecule has 0 aromatic carbocycles. The molecular weight excluding hydrogens is 254 g/mol. The third-order valence-corrected chi connectivity index (χ3v) is 2.65. The molecule has 19 heavy (non-hydrogen) atoms. The highest BCUT2D eigenvalue weighted by Crippen LogP contribution is 2.16. The molecule has 0 saturated heterocycles. The Morgan fingerprint density at radius 1 is 1.53 bits per heavy atom. The lowest BCUT2D eigenvalue weighted by Gasteiger charge is -2.21. The molecule has 0 aliphatic heterocycles. The van der Waals surface area contributed by atoms with Crippen LogP contribution in [-0.4, -0.2) is 30.6 Å². The number of nitrogens with zero attached hydrogens (tertiary/aromatic N) is 2. The summed E-state index contributed by atoms with van der Waals surface area (Å²) in [5.74, 6) is -2.29. The molecule has 1 aromatic heterocycles. The SMILES string of the molecule is CCCCOC(C)C(=O)N(C)c1ncc(F)cc1F. The van der Waals surface area contributed by atoms with Gasteiger partial charge in [-0.05, 0) is 13.3 Å². The highest BCUT2D eigenvalue weighted by atomic mass is 19.1. The molecule has 106 valence electrons. The van der Waals surface area contributed by atoms with Crippen LogP contribution in [0.25, 0.3) is 0 Å². The predicted octanol–water partition coefficient (Wildman–Crippen LogP) is 2.53. The van der Waals surface area contributed by atoms with Gasteiger partial charge in [0.2, 0.25) is 0 Å². The van der Waals surface area contributed by atoms with E-state index < -0.39 is 23.6 Å². The molecule has 6 heteroatoms. The van der Waals surface area contributed by atoms with Gasteiger partial charge in [-0.1, -0.05) is 13.3 Å². The normalized spacial score (nSPS) is 12.3. The van der Waals surface area contributed by atoms with Crippen molar-refractivity contribution >= 4 is 11.7 Å². The highest BCUT2D eigenvalue weighted by Gasteiger charge is 2.22. The number of pyridine rings is 1. The van der Waals surface area contributed by atoms with Gasteiger partial charge in [-0.25, -0.2) is 13.8 Å². The van der Waals surface area contributed by atoms with Crippen molar-refractivity contribution < 1.29 is 18.3 Å². The van der Waals surface area contributed by atoms with E-state index in [2.05, 4.69) is 4.98 Å². The molecule has 0 spiro atoms. The zero-order valence-corrected chi connectivity index (χ0v) is 11.3. The molecule has 0 aliphatic rings. The summed E-state index contributed by atoms with van der Waals surface area (Å²) in [6, 6.07) is 0.689. The fourth-order valence-electron chi connectivity index (χ4n) is 1.51. The number of unbranched alkanes of at least 4 members (excludes halogenated alkanes) is 1. The largest absolute Gasteiger partial charge is 0.369 e. The van der Waals surface area contributed by atoms with Crippen LogP contribution in [0.3, 0.4) is 0 Å². The van der Waals surface area contributed by atoms with E-state index in [4.69, 9.17) is 4.74 Å². The smallest absolute Gasteiger partial charge is 0.256 e. The van der Waals surface area contributed by atoms with Crippen molar-refractivity contribution in [2.45, 2.75) is 32.8 Å². The lowest BCUT2D eigenvalue weighted by Crippen LogP contribution is -2.37. The molecule has 0 fully saturated rings. The maximum atomic E-state index is 13.5.